The maximum atomic E-state index is 13.3. The van der Waals surface area contributed by atoms with Crippen LogP contribution in [0.2, 0.25) is 0 Å². The van der Waals surface area contributed by atoms with Gasteiger partial charge in [-0.2, -0.15) is 0 Å². The first-order valence-electron chi connectivity index (χ1n) is 10.7. The van der Waals surface area contributed by atoms with Crippen LogP contribution >= 0.6 is 12.2 Å². The second kappa shape index (κ2) is 8.67. The first-order chi connectivity index (χ1) is 14.9. The summed E-state index contributed by atoms with van der Waals surface area (Å²) in [5.74, 6) is -0.188. The van der Waals surface area contributed by atoms with Crippen LogP contribution in [0.3, 0.4) is 0 Å². The number of aromatic nitrogens is 1. The minimum absolute atomic E-state index is 0.0766. The first kappa shape index (κ1) is 21.3. The van der Waals surface area contributed by atoms with Gasteiger partial charge in [0.2, 0.25) is 0 Å². The van der Waals surface area contributed by atoms with Gasteiger partial charge in [0.15, 0.2) is 5.11 Å². The second-order valence-electron chi connectivity index (χ2n) is 8.02. The van der Waals surface area contributed by atoms with Crippen LogP contribution in [0.1, 0.15) is 55.6 Å². The lowest BCUT2D eigenvalue weighted by molar-refractivity contribution is -0.122. The van der Waals surface area contributed by atoms with Gasteiger partial charge in [0, 0.05) is 17.4 Å². The van der Waals surface area contributed by atoms with Crippen molar-refractivity contribution in [3.05, 3.63) is 52.9 Å². The van der Waals surface area contributed by atoms with Crippen LogP contribution in [0.25, 0.3) is 6.08 Å². The molecule has 7 heteroatoms. The normalized spacial score (nSPS) is 18.7. The van der Waals surface area contributed by atoms with Gasteiger partial charge in [0.05, 0.1) is 12.3 Å². The Labute approximate surface area is 187 Å². The zero-order valence-electron chi connectivity index (χ0n) is 18.1. The van der Waals surface area contributed by atoms with Gasteiger partial charge >= 0.3 is 0 Å². The Morgan fingerprint density at radius 1 is 1.16 bits per heavy atom. The van der Waals surface area contributed by atoms with E-state index in [-0.39, 0.29) is 10.7 Å². The molecule has 1 saturated heterocycles. The van der Waals surface area contributed by atoms with Gasteiger partial charge in [0.1, 0.15) is 11.3 Å². The largest absolute Gasteiger partial charge is 0.494 e. The Balaban J connectivity index is 1.67. The fourth-order valence-electron chi connectivity index (χ4n) is 4.58. The summed E-state index contributed by atoms with van der Waals surface area (Å²) >= 11 is 5.30. The SMILES string of the molecule is CCOc1ccc(N2C(=O)C(=Cc3cc(C)n(C4CCCC4)c3C)C(=O)NC2=S)cc1. The maximum absolute atomic E-state index is 13.3. The predicted octanol–water partition coefficient (Wildman–Crippen LogP) is 4.45. The van der Waals surface area contributed by atoms with Crippen LogP contribution in [0.15, 0.2) is 35.9 Å². The second-order valence-corrected chi connectivity index (χ2v) is 8.41. The molecule has 2 amide bonds. The van der Waals surface area contributed by atoms with Crippen molar-refractivity contribution in [1.29, 1.82) is 0 Å². The van der Waals surface area contributed by atoms with Gasteiger partial charge in [-0.3, -0.25) is 19.8 Å². The molecule has 0 unspecified atom stereocenters. The number of hydrogen-bond donors (Lipinski definition) is 1. The van der Waals surface area contributed by atoms with Crippen molar-refractivity contribution in [1.82, 2.24) is 9.88 Å². The number of ether oxygens (including phenoxy) is 1. The molecule has 2 aliphatic rings. The molecule has 1 saturated carbocycles. The zero-order chi connectivity index (χ0) is 22.1. The van der Waals surface area contributed by atoms with Crippen LogP contribution in [-0.4, -0.2) is 28.1 Å². The number of rotatable bonds is 5. The van der Waals surface area contributed by atoms with Crippen LogP contribution in [0, 0.1) is 13.8 Å². The summed E-state index contributed by atoms with van der Waals surface area (Å²) < 4.78 is 7.81. The smallest absolute Gasteiger partial charge is 0.270 e. The molecular formula is C24H27N3O3S. The Kier molecular flexibility index (Phi) is 5.96. The minimum atomic E-state index is -0.470. The molecule has 0 bridgehead atoms. The van der Waals surface area contributed by atoms with Gasteiger partial charge in [0.25, 0.3) is 11.8 Å². The highest BCUT2D eigenvalue weighted by atomic mass is 32.1. The number of carbonyl (C=O) groups excluding carboxylic acids is 2. The number of thiocarbonyl (C=S) groups is 1. The summed E-state index contributed by atoms with van der Waals surface area (Å²) in [6, 6.07) is 9.63. The molecule has 2 aromatic rings. The van der Waals surface area contributed by atoms with Gasteiger partial charge in [-0.25, -0.2) is 0 Å². The van der Waals surface area contributed by atoms with Crippen LogP contribution in [0.4, 0.5) is 5.69 Å². The van der Waals surface area contributed by atoms with E-state index in [0.717, 1.165) is 17.0 Å². The fraction of sp³-hybridized carbons (Fsp3) is 0.375. The molecule has 2 fully saturated rings. The molecule has 31 heavy (non-hydrogen) atoms. The number of aryl methyl sites for hydroxylation is 1. The quantitative estimate of drug-likeness (QED) is 0.426. The molecule has 2 heterocycles. The third-order valence-electron chi connectivity index (χ3n) is 6.02. The van der Waals surface area contributed by atoms with Crippen molar-refractivity contribution < 1.29 is 14.3 Å². The van der Waals surface area contributed by atoms with Crippen molar-refractivity contribution in [2.75, 3.05) is 11.5 Å². The lowest BCUT2D eigenvalue weighted by atomic mass is 10.1. The molecule has 162 valence electrons. The average molecular weight is 438 g/mol. The van der Waals surface area contributed by atoms with E-state index in [2.05, 4.69) is 29.8 Å². The lowest BCUT2D eigenvalue weighted by Gasteiger charge is -2.29. The Morgan fingerprint density at radius 3 is 2.48 bits per heavy atom. The van der Waals surface area contributed by atoms with Crippen LogP contribution in [0.5, 0.6) is 5.75 Å². The third kappa shape index (κ3) is 4.02. The average Bonchev–Trinajstić information content (AvgIpc) is 3.34. The third-order valence-corrected chi connectivity index (χ3v) is 6.31. The molecule has 4 rings (SSSR count). The Morgan fingerprint density at radius 2 is 1.84 bits per heavy atom. The molecule has 1 aliphatic carbocycles. The van der Waals surface area contributed by atoms with E-state index in [1.54, 1.807) is 30.3 Å². The number of carbonyl (C=O) groups is 2. The molecule has 1 N–H and O–H groups in total. The highest BCUT2D eigenvalue weighted by molar-refractivity contribution is 7.80. The number of nitrogens with one attached hydrogen (secondary N) is 1. The number of amides is 2. The first-order valence-corrected chi connectivity index (χ1v) is 11.1. The molecule has 1 aromatic carbocycles. The summed E-state index contributed by atoms with van der Waals surface area (Å²) in [5, 5.41) is 2.73. The molecule has 0 atom stereocenters. The summed E-state index contributed by atoms with van der Waals surface area (Å²) in [6.07, 6.45) is 6.52. The number of hydrogen-bond acceptors (Lipinski definition) is 4. The molecule has 0 radical (unpaired) electrons. The van der Waals surface area contributed by atoms with Gasteiger partial charge in [-0.15, -0.1) is 0 Å². The topological polar surface area (TPSA) is 63.6 Å². The van der Waals surface area contributed by atoms with Crippen LogP contribution in [-0.2, 0) is 9.59 Å². The molecular weight excluding hydrogens is 410 g/mol. The predicted molar refractivity (Wildman–Crippen MR) is 125 cm³/mol. The van der Waals surface area contributed by atoms with Crippen molar-refractivity contribution in [2.45, 2.75) is 52.5 Å². The molecule has 1 aliphatic heterocycles. The van der Waals surface area contributed by atoms with Gasteiger partial charge < -0.3 is 9.30 Å². The summed E-state index contributed by atoms with van der Waals surface area (Å²) in [5.41, 5.74) is 3.79. The molecule has 6 nitrogen and oxygen atoms in total. The van der Waals surface area contributed by atoms with E-state index < -0.39 is 11.8 Å². The number of benzene rings is 1. The van der Waals surface area contributed by atoms with E-state index in [1.165, 1.54) is 30.6 Å². The van der Waals surface area contributed by atoms with E-state index >= 15 is 0 Å². The van der Waals surface area contributed by atoms with Crippen molar-refractivity contribution in [2.24, 2.45) is 0 Å². The maximum Gasteiger partial charge on any atom is 0.270 e. The van der Waals surface area contributed by atoms with E-state index in [4.69, 9.17) is 17.0 Å². The summed E-state index contributed by atoms with van der Waals surface area (Å²) in [4.78, 5) is 27.3. The van der Waals surface area contributed by atoms with E-state index in [9.17, 15) is 9.59 Å². The number of anilines is 1. The molecule has 1 aromatic heterocycles. The minimum Gasteiger partial charge on any atom is -0.494 e. The zero-order valence-corrected chi connectivity index (χ0v) is 18.9. The van der Waals surface area contributed by atoms with Gasteiger partial charge in [-0.1, -0.05) is 12.8 Å². The Hall–Kier alpha value is -2.93. The highest BCUT2D eigenvalue weighted by Gasteiger charge is 2.35. The number of nitrogens with zero attached hydrogens (tertiary/aromatic N) is 2. The van der Waals surface area contributed by atoms with E-state index in [1.807, 2.05) is 6.92 Å². The molecule has 0 spiro atoms. The fourth-order valence-corrected chi connectivity index (χ4v) is 4.86. The van der Waals surface area contributed by atoms with Crippen molar-refractivity contribution >= 4 is 40.9 Å². The van der Waals surface area contributed by atoms with Crippen LogP contribution < -0.4 is 15.0 Å². The monoisotopic (exact) mass is 437 g/mol. The summed E-state index contributed by atoms with van der Waals surface area (Å²) in [6.45, 7) is 6.60. The van der Waals surface area contributed by atoms with Crippen molar-refractivity contribution in [3.8, 4) is 5.75 Å². The lowest BCUT2D eigenvalue weighted by Crippen LogP contribution is -2.54. The van der Waals surface area contributed by atoms with Crippen molar-refractivity contribution in [3.63, 3.8) is 0 Å². The van der Waals surface area contributed by atoms with Gasteiger partial charge in [-0.05, 0) is 87.8 Å². The summed E-state index contributed by atoms with van der Waals surface area (Å²) in [7, 11) is 0. The van der Waals surface area contributed by atoms with E-state index in [0.29, 0.717) is 24.1 Å². The standard InChI is InChI=1S/C24H27N3O3S/c1-4-30-20-11-9-19(10-12-20)27-23(29)21(22(28)25-24(27)31)14-17-13-15(2)26(16(17)3)18-7-5-6-8-18/h9-14,18H,4-8H2,1-3H3,(H,25,28,31). The Bertz CT molecular complexity index is 1060. The highest BCUT2D eigenvalue weighted by Crippen LogP contribution is 2.34.